The molecule has 0 saturated heterocycles. The third-order valence-corrected chi connectivity index (χ3v) is 4.03. The molecule has 0 fully saturated rings. The van der Waals surface area contributed by atoms with E-state index in [0.717, 1.165) is 22.2 Å². The molecule has 1 aromatic heterocycles. The molecule has 1 atom stereocenters. The van der Waals surface area contributed by atoms with Gasteiger partial charge in [0.1, 0.15) is 6.04 Å². The van der Waals surface area contributed by atoms with Crippen molar-refractivity contribution in [3.63, 3.8) is 0 Å². The van der Waals surface area contributed by atoms with E-state index in [4.69, 9.17) is 18.1 Å². The molecule has 0 radical (unpaired) electrons. The number of carbonyl (C=O) groups is 1. The zero-order chi connectivity index (χ0) is 14.3. The van der Waals surface area contributed by atoms with Crippen molar-refractivity contribution >= 4 is 34.2 Å². The van der Waals surface area contributed by atoms with Crippen LogP contribution in [0.5, 0.6) is 0 Å². The van der Waals surface area contributed by atoms with Gasteiger partial charge in [0.05, 0.1) is 6.54 Å². The number of carboxylic acid groups (broad SMARTS) is 1. The zero-order valence-corrected chi connectivity index (χ0v) is 11.4. The fourth-order valence-electron chi connectivity index (χ4n) is 2.72. The minimum absolute atomic E-state index is 0.238. The minimum Gasteiger partial charge on any atom is -0.480 e. The third-order valence-electron chi connectivity index (χ3n) is 3.67. The Bertz CT molecular complexity index is 697. The lowest BCUT2D eigenvalue weighted by molar-refractivity contribution is -0.142. The number of thiocarbonyl (C=S) groups is 1. The van der Waals surface area contributed by atoms with E-state index in [0.29, 0.717) is 13.0 Å². The number of aliphatic carboxylic acids is 1. The van der Waals surface area contributed by atoms with Crippen LogP contribution in [0.1, 0.15) is 11.3 Å². The summed E-state index contributed by atoms with van der Waals surface area (Å²) in [5, 5.41) is 10.7. The second-order valence-electron chi connectivity index (χ2n) is 4.76. The molecular formula is C13H14N4O2S. The van der Waals surface area contributed by atoms with Gasteiger partial charge in [-0.25, -0.2) is 10.6 Å². The number of hydrazine groups is 1. The first kappa shape index (κ1) is 12.9. The number of H-pyrrole nitrogens is 1. The first-order valence-electron chi connectivity index (χ1n) is 6.20. The first-order valence-corrected chi connectivity index (χ1v) is 6.61. The molecule has 104 valence electrons. The Kier molecular flexibility index (Phi) is 3.07. The highest BCUT2D eigenvalue weighted by Crippen LogP contribution is 2.30. The van der Waals surface area contributed by atoms with Gasteiger partial charge in [0.25, 0.3) is 0 Å². The number of hydrogen-bond donors (Lipinski definition) is 4. The number of para-hydroxylation sites is 1. The van der Waals surface area contributed by atoms with Crippen LogP contribution in [0, 0.1) is 0 Å². The molecule has 1 aromatic carbocycles. The number of nitrogens with two attached hydrogens (primary N) is 1. The fourth-order valence-corrected chi connectivity index (χ4v) is 2.92. The molecule has 1 unspecified atom stereocenters. The molecular weight excluding hydrogens is 276 g/mol. The van der Waals surface area contributed by atoms with Crippen LogP contribution < -0.4 is 11.3 Å². The van der Waals surface area contributed by atoms with Gasteiger partial charge in [-0.1, -0.05) is 18.2 Å². The maximum Gasteiger partial charge on any atom is 0.326 e. The van der Waals surface area contributed by atoms with Crippen molar-refractivity contribution in [2.75, 3.05) is 0 Å². The summed E-state index contributed by atoms with van der Waals surface area (Å²) >= 11 is 5.09. The predicted octanol–water partition coefficient (Wildman–Crippen LogP) is 0.727. The van der Waals surface area contributed by atoms with E-state index in [1.165, 1.54) is 0 Å². The second kappa shape index (κ2) is 4.77. The molecule has 0 spiro atoms. The molecule has 3 rings (SSSR count). The normalized spacial score (nSPS) is 17.9. The van der Waals surface area contributed by atoms with Gasteiger partial charge in [0, 0.05) is 23.0 Å². The fraction of sp³-hybridized carbons (Fsp3) is 0.231. The Morgan fingerprint density at radius 1 is 1.50 bits per heavy atom. The van der Waals surface area contributed by atoms with Crippen LogP contribution in [0.2, 0.25) is 0 Å². The van der Waals surface area contributed by atoms with Crippen LogP contribution in [0.15, 0.2) is 24.3 Å². The molecule has 2 aromatic rings. The summed E-state index contributed by atoms with van der Waals surface area (Å²) < 4.78 is 0. The molecule has 2 heterocycles. The molecule has 20 heavy (non-hydrogen) atoms. The summed E-state index contributed by atoms with van der Waals surface area (Å²) in [7, 11) is 0. The van der Waals surface area contributed by atoms with Gasteiger partial charge in [-0.3, -0.25) is 0 Å². The van der Waals surface area contributed by atoms with Gasteiger partial charge in [0.2, 0.25) is 0 Å². The highest BCUT2D eigenvalue weighted by Gasteiger charge is 2.34. The molecule has 0 bridgehead atoms. The maximum atomic E-state index is 11.5. The number of nitrogens with zero attached hydrogens (tertiary/aromatic N) is 1. The molecule has 0 saturated carbocycles. The minimum atomic E-state index is -0.904. The average molecular weight is 290 g/mol. The number of rotatable bonds is 1. The number of hydrogen-bond acceptors (Lipinski definition) is 3. The lowest BCUT2D eigenvalue weighted by Gasteiger charge is -2.34. The summed E-state index contributed by atoms with van der Waals surface area (Å²) in [5.74, 6) is 4.42. The number of aromatic amines is 1. The Morgan fingerprint density at radius 2 is 2.25 bits per heavy atom. The quantitative estimate of drug-likeness (QED) is 0.351. The van der Waals surface area contributed by atoms with Crippen LogP contribution in [0.3, 0.4) is 0 Å². The average Bonchev–Trinajstić information content (AvgIpc) is 2.82. The van der Waals surface area contributed by atoms with Gasteiger partial charge in [-0.05, 0) is 23.8 Å². The second-order valence-corrected chi connectivity index (χ2v) is 5.15. The summed E-state index contributed by atoms with van der Waals surface area (Å²) in [6, 6.07) is 7.17. The van der Waals surface area contributed by atoms with Gasteiger partial charge < -0.3 is 20.4 Å². The lowest BCUT2D eigenvalue weighted by Crippen LogP contribution is -2.53. The van der Waals surface area contributed by atoms with Gasteiger partial charge >= 0.3 is 5.97 Å². The van der Waals surface area contributed by atoms with E-state index in [1.807, 2.05) is 24.3 Å². The molecule has 6 nitrogen and oxygen atoms in total. The first-order chi connectivity index (χ1) is 9.61. The van der Waals surface area contributed by atoms with Crippen molar-refractivity contribution in [1.29, 1.82) is 0 Å². The monoisotopic (exact) mass is 290 g/mol. The SMILES string of the molecule is NNC(=S)N1Cc2[nH]c3ccccc3c2CC1C(=O)O. The van der Waals surface area contributed by atoms with Crippen LogP contribution in [-0.2, 0) is 17.8 Å². The van der Waals surface area contributed by atoms with Crippen molar-refractivity contribution in [1.82, 2.24) is 15.3 Å². The van der Waals surface area contributed by atoms with Crippen LogP contribution in [0.25, 0.3) is 10.9 Å². The van der Waals surface area contributed by atoms with E-state index in [-0.39, 0.29) is 5.11 Å². The molecule has 1 aliphatic rings. The number of nitrogens with one attached hydrogen (secondary N) is 2. The number of benzene rings is 1. The topological polar surface area (TPSA) is 94.4 Å². The summed E-state index contributed by atoms with van der Waals surface area (Å²) in [6.07, 6.45) is 0.399. The van der Waals surface area contributed by atoms with E-state index in [9.17, 15) is 9.90 Å². The van der Waals surface area contributed by atoms with Crippen LogP contribution >= 0.6 is 12.2 Å². The Labute approximate surface area is 120 Å². The molecule has 7 heteroatoms. The van der Waals surface area contributed by atoms with E-state index in [1.54, 1.807) is 4.90 Å². The number of fused-ring (bicyclic) bond motifs is 3. The van der Waals surface area contributed by atoms with Crippen molar-refractivity contribution in [3.05, 3.63) is 35.5 Å². The van der Waals surface area contributed by atoms with E-state index >= 15 is 0 Å². The molecule has 0 amide bonds. The van der Waals surface area contributed by atoms with Gasteiger partial charge in [-0.15, -0.1) is 0 Å². The van der Waals surface area contributed by atoms with Crippen molar-refractivity contribution < 1.29 is 9.90 Å². The largest absolute Gasteiger partial charge is 0.480 e. The zero-order valence-electron chi connectivity index (χ0n) is 10.6. The van der Waals surface area contributed by atoms with Crippen LogP contribution in [0.4, 0.5) is 0 Å². The Balaban J connectivity index is 2.08. The molecule has 5 N–H and O–H groups in total. The summed E-state index contributed by atoms with van der Waals surface area (Å²) in [4.78, 5) is 16.4. The van der Waals surface area contributed by atoms with Crippen molar-refractivity contribution in [3.8, 4) is 0 Å². The Morgan fingerprint density at radius 3 is 2.95 bits per heavy atom. The van der Waals surface area contributed by atoms with Crippen molar-refractivity contribution in [2.45, 2.75) is 19.0 Å². The highest BCUT2D eigenvalue weighted by atomic mass is 32.1. The van der Waals surface area contributed by atoms with Gasteiger partial charge in [-0.2, -0.15) is 0 Å². The maximum absolute atomic E-state index is 11.5. The number of aromatic nitrogens is 1. The van der Waals surface area contributed by atoms with Crippen LogP contribution in [-0.4, -0.2) is 32.1 Å². The summed E-state index contributed by atoms with van der Waals surface area (Å²) in [5.41, 5.74) is 5.41. The summed E-state index contributed by atoms with van der Waals surface area (Å²) in [6.45, 7) is 0.407. The Hall–Kier alpha value is -2.12. The lowest BCUT2D eigenvalue weighted by atomic mass is 9.97. The highest BCUT2D eigenvalue weighted by molar-refractivity contribution is 7.80. The van der Waals surface area contributed by atoms with E-state index in [2.05, 4.69) is 10.4 Å². The van der Waals surface area contributed by atoms with Gasteiger partial charge in [0.15, 0.2) is 5.11 Å². The molecule has 1 aliphatic heterocycles. The van der Waals surface area contributed by atoms with E-state index < -0.39 is 12.0 Å². The smallest absolute Gasteiger partial charge is 0.326 e. The third kappa shape index (κ3) is 1.91. The molecule has 0 aliphatic carbocycles. The number of carboxylic acids is 1. The standard InChI is InChI=1S/C13H14N4O2S/c14-16-13(20)17-6-10-8(5-11(17)12(18)19)7-3-1-2-4-9(7)15-10/h1-4,11,15H,5-6,14H2,(H,16,20)(H,18,19). The predicted molar refractivity (Wildman–Crippen MR) is 78.9 cm³/mol. The van der Waals surface area contributed by atoms with Crippen molar-refractivity contribution in [2.24, 2.45) is 5.84 Å².